The second kappa shape index (κ2) is 11.1. The van der Waals surface area contributed by atoms with E-state index in [1.54, 1.807) is 18.2 Å². The summed E-state index contributed by atoms with van der Waals surface area (Å²) in [6, 6.07) is 14.3. The maximum absolute atomic E-state index is 13.4. The molecule has 1 amide bonds. The first kappa shape index (κ1) is 25.6. The van der Waals surface area contributed by atoms with Crippen LogP contribution in [0.5, 0.6) is 5.75 Å². The van der Waals surface area contributed by atoms with Crippen molar-refractivity contribution in [3.05, 3.63) is 103 Å². The molecular formula is C25H19BrFN5O5. The maximum Gasteiger partial charge on any atom is 0.282 e. The van der Waals surface area contributed by atoms with Crippen molar-refractivity contribution in [2.75, 3.05) is 11.9 Å². The van der Waals surface area contributed by atoms with Gasteiger partial charge in [0.2, 0.25) is 0 Å². The van der Waals surface area contributed by atoms with Crippen molar-refractivity contribution in [2.24, 2.45) is 5.10 Å². The van der Waals surface area contributed by atoms with Crippen LogP contribution in [0.25, 0.3) is 10.9 Å². The van der Waals surface area contributed by atoms with Gasteiger partial charge < -0.3 is 10.1 Å². The average molecular weight is 568 g/mol. The van der Waals surface area contributed by atoms with E-state index in [0.29, 0.717) is 27.6 Å². The largest absolute Gasteiger partial charge is 0.483 e. The topological polar surface area (TPSA) is 129 Å². The molecule has 0 fully saturated rings. The van der Waals surface area contributed by atoms with Crippen LogP contribution in [0.2, 0.25) is 0 Å². The first-order chi connectivity index (χ1) is 17.7. The molecule has 1 N–H and O–H groups in total. The number of amides is 1. The monoisotopic (exact) mass is 567 g/mol. The van der Waals surface area contributed by atoms with Crippen molar-refractivity contribution in [3.8, 4) is 5.75 Å². The zero-order chi connectivity index (χ0) is 26.5. The van der Waals surface area contributed by atoms with Crippen molar-refractivity contribution < 1.29 is 18.8 Å². The Balaban J connectivity index is 1.65. The molecule has 12 heteroatoms. The van der Waals surface area contributed by atoms with Gasteiger partial charge in [-0.2, -0.15) is 9.78 Å². The first-order valence-electron chi connectivity index (χ1n) is 11.0. The molecule has 0 saturated carbocycles. The van der Waals surface area contributed by atoms with Crippen LogP contribution in [-0.4, -0.2) is 33.3 Å². The number of carbonyl (C=O) groups is 1. The van der Waals surface area contributed by atoms with Crippen molar-refractivity contribution in [1.82, 2.24) is 9.66 Å². The molecule has 0 aliphatic rings. The fourth-order valence-electron chi connectivity index (χ4n) is 3.45. The van der Waals surface area contributed by atoms with E-state index in [1.807, 2.05) is 6.92 Å². The molecular weight excluding hydrogens is 549 g/mol. The minimum atomic E-state index is -0.587. The number of nitro benzene ring substituents is 1. The van der Waals surface area contributed by atoms with Crippen LogP contribution < -0.4 is 15.6 Å². The van der Waals surface area contributed by atoms with E-state index in [-0.39, 0.29) is 22.7 Å². The molecule has 0 aliphatic carbocycles. The molecule has 0 spiro atoms. The predicted molar refractivity (Wildman–Crippen MR) is 140 cm³/mol. The van der Waals surface area contributed by atoms with E-state index in [0.717, 1.165) is 10.7 Å². The Labute approximate surface area is 217 Å². The number of aromatic nitrogens is 2. The first-order valence-corrected chi connectivity index (χ1v) is 11.8. The summed E-state index contributed by atoms with van der Waals surface area (Å²) < 4.78 is 20.7. The number of anilines is 1. The smallest absolute Gasteiger partial charge is 0.282 e. The summed E-state index contributed by atoms with van der Waals surface area (Å²) in [4.78, 5) is 40.6. The van der Waals surface area contributed by atoms with Gasteiger partial charge in [0.15, 0.2) is 6.61 Å². The van der Waals surface area contributed by atoms with Gasteiger partial charge >= 0.3 is 0 Å². The van der Waals surface area contributed by atoms with Gasteiger partial charge in [-0.15, -0.1) is 0 Å². The lowest BCUT2D eigenvalue weighted by molar-refractivity contribution is -0.384. The van der Waals surface area contributed by atoms with Crippen LogP contribution in [0, 0.1) is 15.9 Å². The molecule has 0 radical (unpaired) electrons. The number of non-ortho nitro benzene ring substituents is 1. The third kappa shape index (κ3) is 6.04. The Kier molecular flexibility index (Phi) is 7.68. The number of hydrogen-bond donors (Lipinski definition) is 1. The van der Waals surface area contributed by atoms with Crippen LogP contribution >= 0.6 is 15.9 Å². The summed E-state index contributed by atoms with van der Waals surface area (Å²) in [6.07, 6.45) is 1.63. The predicted octanol–water partition coefficient (Wildman–Crippen LogP) is 4.67. The van der Waals surface area contributed by atoms with Gasteiger partial charge in [-0.1, -0.05) is 28.9 Å². The summed E-state index contributed by atoms with van der Waals surface area (Å²) >= 11 is 3.34. The molecule has 37 heavy (non-hydrogen) atoms. The summed E-state index contributed by atoms with van der Waals surface area (Å²) in [6.45, 7) is 1.36. The number of aryl methyl sites for hydroxylation is 1. The number of carbonyl (C=O) groups excluding carboxylic acids is 1. The molecule has 0 aliphatic heterocycles. The number of halogens is 2. The number of rotatable bonds is 8. The van der Waals surface area contributed by atoms with Crippen molar-refractivity contribution in [3.63, 3.8) is 0 Å². The Hall–Kier alpha value is -4.45. The van der Waals surface area contributed by atoms with Crippen LogP contribution in [0.3, 0.4) is 0 Å². The van der Waals surface area contributed by atoms with Crippen LogP contribution in [0.1, 0.15) is 18.3 Å². The fourth-order valence-corrected chi connectivity index (χ4v) is 3.81. The maximum atomic E-state index is 13.4. The Morgan fingerprint density at radius 3 is 2.78 bits per heavy atom. The average Bonchev–Trinajstić information content (AvgIpc) is 2.87. The van der Waals surface area contributed by atoms with Crippen LogP contribution in [-0.2, 0) is 11.2 Å². The number of nitrogens with zero attached hydrogens (tertiary/aromatic N) is 4. The highest BCUT2D eigenvalue weighted by atomic mass is 79.9. The molecule has 0 bridgehead atoms. The second-order valence-electron chi connectivity index (χ2n) is 7.73. The van der Waals surface area contributed by atoms with E-state index in [1.165, 1.54) is 42.6 Å². The number of ether oxygens (including phenoxy) is 1. The summed E-state index contributed by atoms with van der Waals surface area (Å²) in [5.74, 6) is -0.574. The zero-order valence-corrected chi connectivity index (χ0v) is 20.9. The third-order valence-electron chi connectivity index (χ3n) is 5.18. The van der Waals surface area contributed by atoms with Gasteiger partial charge in [-0.05, 0) is 42.5 Å². The second-order valence-corrected chi connectivity index (χ2v) is 8.65. The van der Waals surface area contributed by atoms with Crippen LogP contribution in [0.4, 0.5) is 15.8 Å². The van der Waals surface area contributed by atoms with Crippen molar-refractivity contribution >= 4 is 50.3 Å². The van der Waals surface area contributed by atoms with Crippen molar-refractivity contribution in [1.29, 1.82) is 0 Å². The highest BCUT2D eigenvalue weighted by Crippen LogP contribution is 2.23. The van der Waals surface area contributed by atoms with Crippen LogP contribution in [0.15, 0.2) is 75.0 Å². The quantitative estimate of drug-likeness (QED) is 0.187. The highest BCUT2D eigenvalue weighted by Gasteiger charge is 2.14. The van der Waals surface area contributed by atoms with Gasteiger partial charge in [-0.25, -0.2) is 9.37 Å². The summed E-state index contributed by atoms with van der Waals surface area (Å²) in [5.41, 5.74) is 0.278. The highest BCUT2D eigenvalue weighted by molar-refractivity contribution is 9.10. The SMILES string of the molecule is CCc1nc2ccc(Br)cc2c(=O)n1N=Cc1cc([N+](=O)[O-])ccc1OCC(=O)Nc1cccc(F)c1. The molecule has 3 aromatic carbocycles. The molecule has 0 saturated heterocycles. The standard InChI is InChI=1S/C25H19BrFN5O5/c1-2-23-30-21-8-6-16(26)11-20(21)25(34)31(23)28-13-15-10-19(32(35)36)7-9-22(15)37-14-24(33)29-18-5-3-4-17(27)12-18/h3-13H,2,14H2,1H3,(H,29,33). The molecule has 0 unspecified atom stereocenters. The lowest BCUT2D eigenvalue weighted by Gasteiger charge is -2.11. The number of nitro groups is 1. The van der Waals surface area contributed by atoms with E-state index < -0.39 is 28.8 Å². The molecule has 4 aromatic rings. The van der Waals surface area contributed by atoms with Gasteiger partial charge in [0.25, 0.3) is 17.2 Å². The van der Waals surface area contributed by atoms with E-state index in [2.05, 4.69) is 31.3 Å². The van der Waals surface area contributed by atoms with E-state index >= 15 is 0 Å². The normalized spacial score (nSPS) is 11.1. The number of hydrogen-bond acceptors (Lipinski definition) is 7. The number of fused-ring (bicyclic) bond motifs is 1. The summed E-state index contributed by atoms with van der Waals surface area (Å²) in [7, 11) is 0. The van der Waals surface area contributed by atoms with Gasteiger partial charge in [-0.3, -0.25) is 19.7 Å². The Bertz CT molecular complexity index is 1600. The van der Waals surface area contributed by atoms with Gasteiger partial charge in [0, 0.05) is 34.3 Å². The van der Waals surface area contributed by atoms with Crippen molar-refractivity contribution in [2.45, 2.75) is 13.3 Å². The number of benzene rings is 3. The Morgan fingerprint density at radius 2 is 2.05 bits per heavy atom. The van der Waals surface area contributed by atoms with Gasteiger partial charge in [0.05, 0.1) is 22.0 Å². The van der Waals surface area contributed by atoms with E-state index in [9.17, 15) is 24.1 Å². The Morgan fingerprint density at radius 1 is 1.24 bits per heavy atom. The number of nitrogens with one attached hydrogen (secondary N) is 1. The molecule has 1 aromatic heterocycles. The summed E-state index contributed by atoms with van der Waals surface area (Å²) in [5, 5.41) is 18.4. The minimum Gasteiger partial charge on any atom is -0.483 e. The molecule has 4 rings (SSSR count). The molecule has 188 valence electrons. The lowest BCUT2D eigenvalue weighted by Crippen LogP contribution is -2.22. The van der Waals surface area contributed by atoms with Gasteiger partial charge in [0.1, 0.15) is 17.4 Å². The minimum absolute atomic E-state index is 0.117. The lowest BCUT2D eigenvalue weighted by atomic mass is 10.2. The fraction of sp³-hybridized carbons (Fsp3) is 0.120. The molecule has 0 atom stereocenters. The van der Waals surface area contributed by atoms with E-state index in [4.69, 9.17) is 4.74 Å². The molecule has 10 nitrogen and oxygen atoms in total. The molecule has 1 heterocycles. The third-order valence-corrected chi connectivity index (χ3v) is 5.67. The zero-order valence-electron chi connectivity index (χ0n) is 19.4.